The second-order valence-electron chi connectivity index (χ2n) is 14.7. The monoisotopic (exact) mass is 616 g/mol. The third-order valence-electron chi connectivity index (χ3n) is 10.4. The van der Waals surface area contributed by atoms with E-state index in [-0.39, 0.29) is 0 Å². The van der Waals surface area contributed by atoms with Crippen molar-refractivity contribution in [1.82, 2.24) is 4.98 Å². The molecule has 0 aliphatic carbocycles. The standard InChI is InChI=1S/C42H82N2/c1-5-8-11-14-17-19-21-22-23-24-26-28-31-34-37-41(36-33-30-27-25-20-18-15-12-9-6-2)42-43-38-39-44(42)40(4)35-32-29-16-13-10-7-3/h38-41H,5-37H2,1-4H3/p+1. The van der Waals surface area contributed by atoms with E-state index >= 15 is 0 Å². The molecule has 1 aromatic heterocycles. The van der Waals surface area contributed by atoms with E-state index in [4.69, 9.17) is 0 Å². The maximum Gasteiger partial charge on any atom is 0.257 e. The molecule has 0 amide bonds. The Bertz CT molecular complexity index is 679. The highest BCUT2D eigenvalue weighted by molar-refractivity contribution is 4.90. The molecule has 0 spiro atoms. The van der Waals surface area contributed by atoms with E-state index in [0.717, 1.165) is 0 Å². The number of hydrogen-bond acceptors (Lipinski definition) is 0. The Hall–Kier alpha value is -0.790. The summed E-state index contributed by atoms with van der Waals surface area (Å²) in [7, 11) is 0. The Balaban J connectivity index is 2.38. The molecule has 2 atom stereocenters. The second kappa shape index (κ2) is 32.2. The molecule has 0 aliphatic rings. The lowest BCUT2D eigenvalue weighted by Crippen LogP contribution is -2.41. The molecule has 2 nitrogen and oxygen atoms in total. The van der Waals surface area contributed by atoms with Crippen molar-refractivity contribution in [3.8, 4) is 0 Å². The molecule has 2 unspecified atom stereocenters. The summed E-state index contributed by atoms with van der Waals surface area (Å²) in [6.07, 6.45) is 51.7. The van der Waals surface area contributed by atoms with Crippen molar-refractivity contribution in [1.29, 1.82) is 0 Å². The molecular weight excluding hydrogens is 532 g/mol. The molecule has 0 fully saturated rings. The molecule has 1 aromatic rings. The van der Waals surface area contributed by atoms with Crippen molar-refractivity contribution >= 4 is 0 Å². The van der Waals surface area contributed by atoms with E-state index in [1.807, 2.05) is 0 Å². The van der Waals surface area contributed by atoms with Crippen LogP contribution in [0.25, 0.3) is 0 Å². The van der Waals surface area contributed by atoms with Gasteiger partial charge in [0.05, 0.1) is 12.0 Å². The Kier molecular flexibility index (Phi) is 30.1. The Morgan fingerprint density at radius 1 is 0.432 bits per heavy atom. The average Bonchev–Trinajstić information content (AvgIpc) is 3.53. The second-order valence-corrected chi connectivity index (χ2v) is 14.7. The maximum atomic E-state index is 3.75. The van der Waals surface area contributed by atoms with Gasteiger partial charge in [-0.05, 0) is 32.6 Å². The van der Waals surface area contributed by atoms with Crippen LogP contribution in [0, 0.1) is 0 Å². The summed E-state index contributed by atoms with van der Waals surface area (Å²) in [5.74, 6) is 2.25. The van der Waals surface area contributed by atoms with Gasteiger partial charge in [-0.3, -0.25) is 0 Å². The van der Waals surface area contributed by atoms with Crippen molar-refractivity contribution in [2.75, 3.05) is 0 Å². The lowest BCUT2D eigenvalue weighted by Gasteiger charge is -2.17. The van der Waals surface area contributed by atoms with Crippen LogP contribution in [-0.2, 0) is 0 Å². The molecule has 1 N–H and O–H groups in total. The van der Waals surface area contributed by atoms with Gasteiger partial charge in [0.2, 0.25) is 0 Å². The van der Waals surface area contributed by atoms with Crippen molar-refractivity contribution in [2.24, 2.45) is 0 Å². The first-order valence-electron chi connectivity index (χ1n) is 20.8. The summed E-state index contributed by atoms with van der Waals surface area (Å²) in [5.41, 5.74) is 0. The quantitative estimate of drug-likeness (QED) is 0.0579. The van der Waals surface area contributed by atoms with Crippen LogP contribution in [-0.4, -0.2) is 4.98 Å². The van der Waals surface area contributed by atoms with Gasteiger partial charge in [0.15, 0.2) is 0 Å². The number of aromatic nitrogens is 2. The minimum atomic E-state index is 0.619. The van der Waals surface area contributed by atoms with Crippen LogP contribution in [0.15, 0.2) is 12.4 Å². The van der Waals surface area contributed by atoms with Crippen LogP contribution in [0.3, 0.4) is 0 Å². The van der Waals surface area contributed by atoms with E-state index < -0.39 is 0 Å². The number of nitrogens with zero attached hydrogens (tertiary/aromatic N) is 1. The van der Waals surface area contributed by atoms with Crippen molar-refractivity contribution < 1.29 is 4.57 Å². The predicted molar refractivity (Wildman–Crippen MR) is 198 cm³/mol. The van der Waals surface area contributed by atoms with E-state index in [0.29, 0.717) is 12.0 Å². The van der Waals surface area contributed by atoms with E-state index in [9.17, 15) is 0 Å². The molecule has 260 valence electrons. The molecule has 44 heavy (non-hydrogen) atoms. The summed E-state index contributed by atoms with van der Waals surface area (Å²) in [6, 6.07) is 0.619. The van der Waals surface area contributed by atoms with Gasteiger partial charge < -0.3 is 0 Å². The first-order valence-corrected chi connectivity index (χ1v) is 20.8. The number of hydrogen-bond donors (Lipinski definition) is 1. The van der Waals surface area contributed by atoms with Crippen LogP contribution in [0.4, 0.5) is 0 Å². The molecule has 0 aromatic carbocycles. The van der Waals surface area contributed by atoms with Gasteiger partial charge in [-0.15, -0.1) is 0 Å². The van der Waals surface area contributed by atoms with E-state index in [1.54, 1.807) is 0 Å². The average molecular weight is 616 g/mol. The smallest absolute Gasteiger partial charge is 0.247 e. The van der Waals surface area contributed by atoms with Gasteiger partial charge in [0, 0.05) is 0 Å². The number of H-pyrrole nitrogens is 1. The van der Waals surface area contributed by atoms with Crippen LogP contribution >= 0.6 is 0 Å². The summed E-state index contributed by atoms with van der Waals surface area (Å²) in [4.78, 5) is 3.75. The van der Waals surface area contributed by atoms with Crippen molar-refractivity contribution in [3.63, 3.8) is 0 Å². The first-order chi connectivity index (χ1) is 21.7. The first kappa shape index (κ1) is 41.2. The summed E-state index contributed by atoms with van der Waals surface area (Å²) in [6.45, 7) is 9.41. The highest BCUT2D eigenvalue weighted by Gasteiger charge is 2.25. The Morgan fingerprint density at radius 3 is 1.07 bits per heavy atom. The Labute approximate surface area is 278 Å². The lowest BCUT2D eigenvalue weighted by molar-refractivity contribution is -0.727. The number of unbranched alkanes of at least 4 members (excludes halogenated alkanes) is 27. The minimum Gasteiger partial charge on any atom is -0.247 e. The molecule has 0 saturated carbocycles. The normalized spacial score (nSPS) is 13.1. The van der Waals surface area contributed by atoms with Gasteiger partial charge in [0.1, 0.15) is 12.4 Å². The molecule has 0 radical (unpaired) electrons. The largest absolute Gasteiger partial charge is 0.257 e. The maximum absolute atomic E-state index is 3.75. The molecule has 0 bridgehead atoms. The van der Waals surface area contributed by atoms with Gasteiger partial charge >= 0.3 is 0 Å². The van der Waals surface area contributed by atoms with Crippen LogP contribution < -0.4 is 4.57 Å². The number of rotatable bonds is 35. The molecular formula is C42H83N2+. The van der Waals surface area contributed by atoms with Gasteiger partial charge in [-0.2, -0.15) is 0 Å². The zero-order valence-corrected chi connectivity index (χ0v) is 31.1. The number of aromatic amines is 1. The summed E-state index contributed by atoms with van der Waals surface area (Å²) >= 11 is 0. The summed E-state index contributed by atoms with van der Waals surface area (Å²) < 4.78 is 2.64. The molecule has 2 heteroatoms. The SMILES string of the molecule is CCCCCCCCCCCCCCCCC(CCCCCCCCCCCC)c1[nH]cc[n+]1C(C)CCCCCCCC. The fraction of sp³-hybridized carbons (Fsp3) is 0.929. The fourth-order valence-corrected chi connectivity index (χ4v) is 7.31. The zero-order valence-electron chi connectivity index (χ0n) is 31.1. The fourth-order valence-electron chi connectivity index (χ4n) is 7.31. The van der Waals surface area contributed by atoms with Crippen LogP contribution in [0.2, 0.25) is 0 Å². The van der Waals surface area contributed by atoms with Crippen LogP contribution in [0.5, 0.6) is 0 Å². The molecule has 0 aliphatic heterocycles. The third-order valence-corrected chi connectivity index (χ3v) is 10.4. The number of imidazole rings is 1. The summed E-state index contributed by atoms with van der Waals surface area (Å²) in [5, 5.41) is 0. The highest BCUT2D eigenvalue weighted by atomic mass is 15.1. The lowest BCUT2D eigenvalue weighted by atomic mass is 9.92. The van der Waals surface area contributed by atoms with E-state index in [1.165, 1.54) is 218 Å². The van der Waals surface area contributed by atoms with Gasteiger partial charge in [-0.1, -0.05) is 207 Å². The van der Waals surface area contributed by atoms with E-state index in [2.05, 4.69) is 49.6 Å². The highest BCUT2D eigenvalue weighted by Crippen LogP contribution is 2.27. The molecule has 1 heterocycles. The topological polar surface area (TPSA) is 19.7 Å². The van der Waals surface area contributed by atoms with Gasteiger partial charge in [-0.25, -0.2) is 9.55 Å². The number of nitrogens with one attached hydrogen (secondary N) is 1. The predicted octanol–water partition coefficient (Wildman–Crippen LogP) is 14.9. The van der Waals surface area contributed by atoms with Crippen molar-refractivity contribution in [3.05, 3.63) is 18.2 Å². The Morgan fingerprint density at radius 2 is 0.727 bits per heavy atom. The van der Waals surface area contributed by atoms with Crippen molar-refractivity contribution in [2.45, 2.75) is 252 Å². The third kappa shape index (κ3) is 23.5. The zero-order chi connectivity index (χ0) is 31.8. The minimum absolute atomic E-state index is 0.619. The van der Waals surface area contributed by atoms with Crippen LogP contribution in [0.1, 0.15) is 257 Å². The van der Waals surface area contributed by atoms with Gasteiger partial charge in [0.25, 0.3) is 5.82 Å². The molecule has 0 saturated heterocycles. The molecule has 1 rings (SSSR count).